The first-order valence-corrected chi connectivity index (χ1v) is 11.3. The summed E-state index contributed by atoms with van der Waals surface area (Å²) in [6, 6.07) is 0. The van der Waals surface area contributed by atoms with Crippen LogP contribution in [-0.4, -0.2) is 5.97 Å². The minimum Gasteiger partial charge on any atom is -0.459 e. The molecule has 0 aromatic rings. The van der Waals surface area contributed by atoms with Crippen LogP contribution in [0, 0.1) is 6.61 Å². The lowest BCUT2D eigenvalue weighted by Crippen LogP contribution is -1.94. The highest BCUT2D eigenvalue weighted by molar-refractivity contribution is 5.66. The zero-order valence-corrected chi connectivity index (χ0v) is 17.3. The molecule has 0 aromatic carbocycles. The zero-order chi connectivity index (χ0) is 18.4. The number of unbranched alkanes of at least 4 members (excludes halogenated alkanes) is 18. The first-order chi connectivity index (χ1) is 12.3. The van der Waals surface area contributed by atoms with Gasteiger partial charge in [-0.25, -0.2) is 0 Å². The Morgan fingerprint density at radius 3 is 1.24 bits per heavy atom. The fourth-order valence-electron chi connectivity index (χ4n) is 3.31. The molecule has 0 saturated heterocycles. The molecule has 0 fully saturated rings. The van der Waals surface area contributed by atoms with Crippen molar-refractivity contribution in [1.82, 2.24) is 0 Å². The van der Waals surface area contributed by atoms with Crippen molar-refractivity contribution in [3.63, 3.8) is 0 Å². The number of carbonyl (C=O) groups excluding carboxylic acids is 1. The van der Waals surface area contributed by atoms with Gasteiger partial charge in [-0.2, -0.15) is 0 Å². The maximum atomic E-state index is 10.6. The summed E-state index contributed by atoms with van der Waals surface area (Å²) in [6.45, 7) is 5.39. The van der Waals surface area contributed by atoms with Crippen LogP contribution in [0.4, 0.5) is 0 Å². The monoisotopic (exact) mass is 353 g/mol. The van der Waals surface area contributed by atoms with Crippen molar-refractivity contribution in [3.8, 4) is 0 Å². The SMILES string of the molecule is CCCCCCCCCCCCCCCCCCCC[CH]OC(C)=O. The molecule has 0 bridgehead atoms. The highest BCUT2D eigenvalue weighted by atomic mass is 16.5. The molecule has 0 rings (SSSR count). The van der Waals surface area contributed by atoms with Crippen molar-refractivity contribution < 1.29 is 9.53 Å². The highest BCUT2D eigenvalue weighted by Gasteiger charge is 1.96. The van der Waals surface area contributed by atoms with Crippen molar-refractivity contribution in [2.24, 2.45) is 0 Å². The molecule has 0 spiro atoms. The summed E-state index contributed by atoms with van der Waals surface area (Å²) in [6.07, 6.45) is 26.1. The number of carbonyl (C=O) groups is 1. The van der Waals surface area contributed by atoms with Crippen LogP contribution in [0.3, 0.4) is 0 Å². The lowest BCUT2D eigenvalue weighted by molar-refractivity contribution is -0.137. The molecule has 2 nitrogen and oxygen atoms in total. The van der Waals surface area contributed by atoms with Crippen LogP contribution in [0.5, 0.6) is 0 Å². The molecule has 0 aliphatic rings. The summed E-state index contributed by atoms with van der Waals surface area (Å²) >= 11 is 0. The highest BCUT2D eigenvalue weighted by Crippen LogP contribution is 2.14. The van der Waals surface area contributed by atoms with E-state index in [1.165, 1.54) is 116 Å². The molecule has 1 radical (unpaired) electrons. The van der Waals surface area contributed by atoms with Gasteiger partial charge in [-0.15, -0.1) is 0 Å². The van der Waals surface area contributed by atoms with Gasteiger partial charge in [-0.3, -0.25) is 4.79 Å². The summed E-state index contributed by atoms with van der Waals surface area (Å²) in [4.78, 5) is 10.6. The predicted octanol–water partition coefficient (Wildman–Crippen LogP) is 8.14. The van der Waals surface area contributed by atoms with E-state index in [0.717, 1.165) is 12.8 Å². The van der Waals surface area contributed by atoms with E-state index in [0.29, 0.717) is 0 Å². The second-order valence-corrected chi connectivity index (χ2v) is 7.58. The van der Waals surface area contributed by atoms with E-state index in [9.17, 15) is 4.79 Å². The number of ether oxygens (including phenoxy) is 1. The van der Waals surface area contributed by atoms with E-state index < -0.39 is 0 Å². The standard InChI is InChI=1S/C23H45O2/c1-3-4-5-6-7-8-9-10-11-12-13-14-15-16-17-18-19-20-21-22-25-23(2)24/h22H,3-21H2,1-2H3. The summed E-state index contributed by atoms with van der Waals surface area (Å²) in [5, 5.41) is 0. The molecule has 0 N–H and O–H groups in total. The van der Waals surface area contributed by atoms with E-state index in [2.05, 4.69) is 6.92 Å². The van der Waals surface area contributed by atoms with Gasteiger partial charge in [0.2, 0.25) is 0 Å². The van der Waals surface area contributed by atoms with Crippen LogP contribution in [0.15, 0.2) is 0 Å². The Kier molecular flexibility index (Phi) is 21.1. The quantitative estimate of drug-likeness (QED) is 0.163. The molecular formula is C23H45O2. The van der Waals surface area contributed by atoms with Crippen LogP contribution in [0.2, 0.25) is 0 Å². The van der Waals surface area contributed by atoms with Gasteiger partial charge in [0.05, 0.1) is 0 Å². The number of hydrogen-bond acceptors (Lipinski definition) is 2. The van der Waals surface area contributed by atoms with Gasteiger partial charge in [-0.1, -0.05) is 116 Å². The Hall–Kier alpha value is -0.530. The van der Waals surface area contributed by atoms with Crippen LogP contribution < -0.4 is 0 Å². The van der Waals surface area contributed by atoms with Gasteiger partial charge in [0.15, 0.2) is 0 Å². The fraction of sp³-hybridized carbons (Fsp3) is 0.913. The van der Waals surface area contributed by atoms with Crippen LogP contribution in [0.1, 0.15) is 136 Å². The molecule has 0 aliphatic heterocycles. The number of hydrogen-bond donors (Lipinski definition) is 0. The third-order valence-corrected chi connectivity index (χ3v) is 4.92. The molecule has 0 heterocycles. The van der Waals surface area contributed by atoms with Crippen molar-refractivity contribution >= 4 is 5.97 Å². The summed E-state index contributed by atoms with van der Waals surface area (Å²) < 4.78 is 4.81. The van der Waals surface area contributed by atoms with Crippen molar-refractivity contribution in [2.45, 2.75) is 136 Å². The Balaban J connectivity index is 2.97. The van der Waals surface area contributed by atoms with E-state index in [4.69, 9.17) is 4.74 Å². The lowest BCUT2D eigenvalue weighted by Gasteiger charge is -2.04. The maximum Gasteiger partial charge on any atom is 0.303 e. The largest absolute Gasteiger partial charge is 0.459 e. The van der Waals surface area contributed by atoms with Crippen molar-refractivity contribution in [1.29, 1.82) is 0 Å². The predicted molar refractivity (Wildman–Crippen MR) is 109 cm³/mol. The molecular weight excluding hydrogens is 308 g/mol. The maximum absolute atomic E-state index is 10.6. The number of rotatable bonds is 20. The molecule has 2 heteroatoms. The molecule has 0 unspecified atom stereocenters. The Morgan fingerprint density at radius 2 is 0.920 bits per heavy atom. The average Bonchev–Trinajstić information content (AvgIpc) is 2.60. The number of esters is 1. The molecule has 0 aromatic heterocycles. The fourth-order valence-corrected chi connectivity index (χ4v) is 3.31. The summed E-state index contributed by atoms with van der Waals surface area (Å²) in [5.74, 6) is -0.206. The Labute approximate surface area is 158 Å². The van der Waals surface area contributed by atoms with Crippen LogP contribution in [-0.2, 0) is 9.53 Å². The van der Waals surface area contributed by atoms with Crippen LogP contribution in [0.25, 0.3) is 0 Å². The summed E-state index contributed by atoms with van der Waals surface area (Å²) in [5.41, 5.74) is 0. The first kappa shape index (κ1) is 24.5. The van der Waals surface area contributed by atoms with Crippen molar-refractivity contribution in [3.05, 3.63) is 6.61 Å². The van der Waals surface area contributed by atoms with Gasteiger partial charge in [0, 0.05) is 6.92 Å². The van der Waals surface area contributed by atoms with Gasteiger partial charge in [0.1, 0.15) is 6.61 Å². The lowest BCUT2D eigenvalue weighted by atomic mass is 10.0. The third kappa shape index (κ3) is 23.5. The van der Waals surface area contributed by atoms with Crippen molar-refractivity contribution in [2.75, 3.05) is 0 Å². The van der Waals surface area contributed by atoms with E-state index in [1.807, 2.05) is 0 Å². The first-order valence-electron chi connectivity index (χ1n) is 11.3. The van der Waals surface area contributed by atoms with E-state index in [-0.39, 0.29) is 5.97 Å². The van der Waals surface area contributed by atoms with Gasteiger partial charge in [-0.05, 0) is 12.8 Å². The minimum absolute atomic E-state index is 0.206. The molecule has 25 heavy (non-hydrogen) atoms. The van der Waals surface area contributed by atoms with Gasteiger partial charge >= 0.3 is 5.97 Å². The normalized spacial score (nSPS) is 11.0. The second-order valence-electron chi connectivity index (χ2n) is 7.58. The molecule has 0 aliphatic carbocycles. The Morgan fingerprint density at radius 1 is 0.600 bits per heavy atom. The summed E-state index contributed by atoms with van der Waals surface area (Å²) in [7, 11) is 0. The smallest absolute Gasteiger partial charge is 0.303 e. The second kappa shape index (κ2) is 21.5. The van der Waals surface area contributed by atoms with E-state index in [1.54, 1.807) is 6.61 Å². The topological polar surface area (TPSA) is 26.3 Å². The average molecular weight is 354 g/mol. The minimum atomic E-state index is -0.206. The molecule has 0 amide bonds. The molecule has 0 atom stereocenters. The zero-order valence-electron chi connectivity index (χ0n) is 17.3. The van der Waals surface area contributed by atoms with Gasteiger partial charge in [0.25, 0.3) is 0 Å². The van der Waals surface area contributed by atoms with Crippen LogP contribution >= 0.6 is 0 Å². The Bertz CT molecular complexity index is 263. The van der Waals surface area contributed by atoms with E-state index >= 15 is 0 Å². The molecule has 149 valence electrons. The molecule has 0 saturated carbocycles. The third-order valence-electron chi connectivity index (χ3n) is 4.92. The van der Waals surface area contributed by atoms with Gasteiger partial charge < -0.3 is 4.74 Å².